The van der Waals surface area contributed by atoms with Crippen molar-refractivity contribution in [2.75, 3.05) is 24.6 Å². The molecule has 0 saturated heterocycles. The maximum atomic E-state index is 9.23. The van der Waals surface area contributed by atoms with E-state index in [2.05, 4.69) is 56.6 Å². The van der Waals surface area contributed by atoms with Gasteiger partial charge >= 0.3 is 0 Å². The molecule has 118 valence electrons. The fourth-order valence-corrected chi connectivity index (χ4v) is 2.05. The van der Waals surface area contributed by atoms with Gasteiger partial charge in [0.25, 0.3) is 0 Å². The smallest absolute Gasteiger partial charge is 0.129 e. The molecule has 0 amide bonds. The number of pyridine rings is 1. The molecule has 1 rings (SSSR count). The molecule has 0 radical (unpaired) electrons. The van der Waals surface area contributed by atoms with E-state index in [1.807, 2.05) is 6.08 Å². The van der Waals surface area contributed by atoms with Gasteiger partial charge in [0.15, 0.2) is 0 Å². The molecule has 0 aliphatic heterocycles. The van der Waals surface area contributed by atoms with Gasteiger partial charge in [-0.3, -0.25) is 0 Å². The predicted octanol–water partition coefficient (Wildman–Crippen LogP) is 2.69. The van der Waals surface area contributed by atoms with E-state index in [1.165, 1.54) is 5.56 Å². The van der Waals surface area contributed by atoms with Crippen molar-refractivity contribution in [3.63, 3.8) is 0 Å². The van der Waals surface area contributed by atoms with Crippen molar-refractivity contribution in [3.8, 4) is 0 Å². The molecule has 1 heterocycles. The van der Waals surface area contributed by atoms with Crippen LogP contribution in [0, 0.1) is 0 Å². The molecule has 4 nitrogen and oxygen atoms in total. The molecule has 0 aliphatic carbocycles. The van der Waals surface area contributed by atoms with Crippen LogP contribution in [0.1, 0.15) is 44.9 Å². The van der Waals surface area contributed by atoms with Gasteiger partial charge in [-0.25, -0.2) is 4.98 Å². The molecule has 1 aromatic heterocycles. The van der Waals surface area contributed by atoms with Gasteiger partial charge in [0.1, 0.15) is 5.82 Å². The third-order valence-corrected chi connectivity index (χ3v) is 3.24. The molecule has 4 heteroatoms. The van der Waals surface area contributed by atoms with Crippen molar-refractivity contribution in [1.29, 1.82) is 0 Å². The highest BCUT2D eigenvalue weighted by molar-refractivity contribution is 5.44. The summed E-state index contributed by atoms with van der Waals surface area (Å²) in [4.78, 5) is 6.79. The number of aliphatic hydroxyl groups is 1. The van der Waals surface area contributed by atoms with Gasteiger partial charge in [-0.15, -0.1) is 6.58 Å². The average molecular weight is 291 g/mol. The van der Waals surface area contributed by atoms with Crippen molar-refractivity contribution in [1.82, 2.24) is 10.3 Å². The Labute approximate surface area is 128 Å². The molecule has 2 N–H and O–H groups in total. The van der Waals surface area contributed by atoms with Crippen molar-refractivity contribution < 1.29 is 5.11 Å². The molecular weight excluding hydrogens is 262 g/mol. The van der Waals surface area contributed by atoms with Crippen LogP contribution in [0.25, 0.3) is 0 Å². The fourth-order valence-electron chi connectivity index (χ4n) is 2.05. The standard InChI is InChI=1S/C17H29N3O/c1-6-7-20(8-9-21)17-11-15(12-18-14(4)5)10-16(19-17)13(2)3/h6,10-11,13-14,18,21H,1,7-9,12H2,2-5H3. The Balaban J connectivity index is 3.07. The SMILES string of the molecule is C=CCN(CCO)c1cc(CNC(C)C)cc(C(C)C)n1. The van der Waals surface area contributed by atoms with E-state index in [0.717, 1.165) is 18.1 Å². The second-order valence-electron chi connectivity index (χ2n) is 5.91. The molecule has 21 heavy (non-hydrogen) atoms. The summed E-state index contributed by atoms with van der Waals surface area (Å²) in [7, 11) is 0. The minimum atomic E-state index is 0.112. The Morgan fingerprint density at radius 2 is 2.05 bits per heavy atom. The molecule has 0 atom stereocenters. The van der Waals surface area contributed by atoms with Crippen LogP contribution in [0.4, 0.5) is 5.82 Å². The summed E-state index contributed by atoms with van der Waals surface area (Å²) < 4.78 is 0. The lowest BCUT2D eigenvalue weighted by atomic mass is 10.1. The summed E-state index contributed by atoms with van der Waals surface area (Å²) in [5, 5.41) is 12.7. The Bertz CT molecular complexity index is 444. The lowest BCUT2D eigenvalue weighted by Crippen LogP contribution is -2.28. The van der Waals surface area contributed by atoms with Gasteiger partial charge in [-0.1, -0.05) is 33.8 Å². The Morgan fingerprint density at radius 1 is 1.33 bits per heavy atom. The van der Waals surface area contributed by atoms with Gasteiger partial charge in [0.2, 0.25) is 0 Å². The summed E-state index contributed by atoms with van der Waals surface area (Å²) in [5.41, 5.74) is 2.31. The highest BCUT2D eigenvalue weighted by Crippen LogP contribution is 2.20. The lowest BCUT2D eigenvalue weighted by Gasteiger charge is -2.23. The molecule has 0 unspecified atom stereocenters. The first-order valence-corrected chi connectivity index (χ1v) is 7.68. The average Bonchev–Trinajstić information content (AvgIpc) is 2.44. The number of anilines is 1. The van der Waals surface area contributed by atoms with Crippen LogP contribution in [-0.4, -0.2) is 35.8 Å². The molecule has 0 aromatic carbocycles. The van der Waals surface area contributed by atoms with Crippen molar-refractivity contribution >= 4 is 5.82 Å². The maximum Gasteiger partial charge on any atom is 0.129 e. The summed E-state index contributed by atoms with van der Waals surface area (Å²) in [5.74, 6) is 1.29. The van der Waals surface area contributed by atoms with Gasteiger partial charge in [0.05, 0.1) is 6.61 Å². The van der Waals surface area contributed by atoms with Gasteiger partial charge in [-0.05, 0) is 23.6 Å². The van der Waals surface area contributed by atoms with Crippen molar-refractivity contribution in [2.24, 2.45) is 0 Å². The van der Waals surface area contributed by atoms with Crippen LogP contribution in [0.3, 0.4) is 0 Å². The minimum absolute atomic E-state index is 0.112. The summed E-state index contributed by atoms with van der Waals surface area (Å²) >= 11 is 0. The predicted molar refractivity (Wildman–Crippen MR) is 89.8 cm³/mol. The van der Waals surface area contributed by atoms with Crippen LogP contribution in [0.15, 0.2) is 24.8 Å². The van der Waals surface area contributed by atoms with E-state index in [4.69, 9.17) is 4.98 Å². The minimum Gasteiger partial charge on any atom is -0.395 e. The number of hydrogen-bond acceptors (Lipinski definition) is 4. The van der Waals surface area contributed by atoms with Crippen LogP contribution in [0.5, 0.6) is 0 Å². The van der Waals surface area contributed by atoms with Crippen LogP contribution >= 0.6 is 0 Å². The number of aromatic nitrogens is 1. The zero-order valence-electron chi connectivity index (χ0n) is 13.8. The summed E-state index contributed by atoms with van der Waals surface area (Å²) in [6.45, 7) is 14.6. The quantitative estimate of drug-likeness (QED) is 0.687. The fraction of sp³-hybridized carbons (Fsp3) is 0.588. The molecule has 1 aromatic rings. The zero-order valence-corrected chi connectivity index (χ0v) is 13.8. The number of aliphatic hydroxyl groups excluding tert-OH is 1. The zero-order chi connectivity index (χ0) is 15.8. The molecule has 0 aliphatic rings. The largest absolute Gasteiger partial charge is 0.395 e. The third-order valence-electron chi connectivity index (χ3n) is 3.24. The maximum absolute atomic E-state index is 9.23. The van der Waals surface area contributed by atoms with E-state index in [-0.39, 0.29) is 6.61 Å². The Morgan fingerprint density at radius 3 is 2.57 bits per heavy atom. The number of rotatable bonds is 9. The van der Waals surface area contributed by atoms with Gasteiger partial charge < -0.3 is 15.3 Å². The van der Waals surface area contributed by atoms with Crippen LogP contribution in [0.2, 0.25) is 0 Å². The Kier molecular flexibility index (Phi) is 7.40. The number of nitrogens with zero attached hydrogens (tertiary/aromatic N) is 2. The van der Waals surface area contributed by atoms with E-state index >= 15 is 0 Å². The summed E-state index contributed by atoms with van der Waals surface area (Å²) in [6.07, 6.45) is 1.84. The first-order chi connectivity index (χ1) is 9.97. The Hall–Kier alpha value is -1.39. The highest BCUT2D eigenvalue weighted by atomic mass is 16.3. The monoisotopic (exact) mass is 291 g/mol. The molecule has 0 fully saturated rings. The van der Waals surface area contributed by atoms with E-state index in [9.17, 15) is 5.11 Å². The molecule has 0 saturated carbocycles. The van der Waals surface area contributed by atoms with Gasteiger partial charge in [-0.2, -0.15) is 0 Å². The topological polar surface area (TPSA) is 48.4 Å². The van der Waals surface area contributed by atoms with Crippen LogP contribution in [-0.2, 0) is 6.54 Å². The van der Waals surface area contributed by atoms with Crippen molar-refractivity contribution in [2.45, 2.75) is 46.2 Å². The normalized spacial score (nSPS) is 11.2. The van der Waals surface area contributed by atoms with Crippen LogP contribution < -0.4 is 10.2 Å². The second kappa shape index (κ2) is 8.80. The first-order valence-electron chi connectivity index (χ1n) is 7.68. The lowest BCUT2D eigenvalue weighted by molar-refractivity contribution is 0.302. The molecule has 0 bridgehead atoms. The van der Waals surface area contributed by atoms with E-state index in [1.54, 1.807) is 0 Å². The molecule has 0 spiro atoms. The van der Waals surface area contributed by atoms with Crippen molar-refractivity contribution in [3.05, 3.63) is 36.0 Å². The van der Waals surface area contributed by atoms with E-state index in [0.29, 0.717) is 25.0 Å². The summed E-state index contributed by atoms with van der Waals surface area (Å²) in [6, 6.07) is 4.71. The van der Waals surface area contributed by atoms with E-state index < -0.39 is 0 Å². The first kappa shape index (κ1) is 17.7. The number of hydrogen-bond donors (Lipinski definition) is 2. The number of nitrogens with one attached hydrogen (secondary N) is 1. The molecular formula is C17H29N3O. The van der Waals surface area contributed by atoms with Gasteiger partial charge in [0, 0.05) is 31.4 Å². The third kappa shape index (κ3) is 5.86. The second-order valence-corrected chi connectivity index (χ2v) is 5.91. The highest BCUT2D eigenvalue weighted by Gasteiger charge is 2.11.